The number of benzene rings is 1. The van der Waals surface area contributed by atoms with Gasteiger partial charge in [-0.15, -0.1) is 0 Å². The SMILES string of the molecule is CC(C)CCOc1ccc(C(=O)N2CCNCC2C)cc1. The maximum atomic E-state index is 12.5. The summed E-state index contributed by atoms with van der Waals surface area (Å²) in [5, 5.41) is 3.30. The number of rotatable bonds is 5. The van der Waals surface area contributed by atoms with Crippen LogP contribution in [0.15, 0.2) is 24.3 Å². The largest absolute Gasteiger partial charge is 0.494 e. The number of carbonyl (C=O) groups excluding carboxylic acids is 1. The molecule has 0 spiro atoms. The van der Waals surface area contributed by atoms with E-state index in [9.17, 15) is 4.79 Å². The number of amides is 1. The van der Waals surface area contributed by atoms with Gasteiger partial charge in [-0.05, 0) is 43.5 Å². The van der Waals surface area contributed by atoms with Gasteiger partial charge in [0, 0.05) is 31.2 Å². The van der Waals surface area contributed by atoms with Crippen LogP contribution >= 0.6 is 0 Å². The summed E-state index contributed by atoms with van der Waals surface area (Å²) in [4.78, 5) is 14.4. The van der Waals surface area contributed by atoms with E-state index in [0.717, 1.165) is 44.0 Å². The first kappa shape index (κ1) is 15.8. The second kappa shape index (κ2) is 7.46. The van der Waals surface area contributed by atoms with Crippen molar-refractivity contribution in [2.75, 3.05) is 26.2 Å². The van der Waals surface area contributed by atoms with Gasteiger partial charge in [0.05, 0.1) is 6.61 Å². The van der Waals surface area contributed by atoms with Crippen molar-refractivity contribution in [2.45, 2.75) is 33.2 Å². The van der Waals surface area contributed by atoms with Gasteiger partial charge >= 0.3 is 0 Å². The summed E-state index contributed by atoms with van der Waals surface area (Å²) in [7, 11) is 0. The molecule has 1 N–H and O–H groups in total. The molecule has 1 heterocycles. The first-order chi connectivity index (χ1) is 10.1. The Morgan fingerprint density at radius 3 is 2.71 bits per heavy atom. The molecule has 4 heteroatoms. The van der Waals surface area contributed by atoms with Crippen molar-refractivity contribution in [3.63, 3.8) is 0 Å². The lowest BCUT2D eigenvalue weighted by Crippen LogP contribution is -2.52. The minimum absolute atomic E-state index is 0.109. The molecule has 2 rings (SSSR count). The molecule has 1 aromatic carbocycles. The van der Waals surface area contributed by atoms with Crippen LogP contribution in [-0.2, 0) is 0 Å². The molecule has 4 nitrogen and oxygen atoms in total. The minimum atomic E-state index is 0.109. The van der Waals surface area contributed by atoms with E-state index in [1.165, 1.54) is 0 Å². The molecule has 1 unspecified atom stereocenters. The Morgan fingerprint density at radius 1 is 1.38 bits per heavy atom. The highest BCUT2D eigenvalue weighted by atomic mass is 16.5. The van der Waals surface area contributed by atoms with Crippen LogP contribution in [0.25, 0.3) is 0 Å². The summed E-state index contributed by atoms with van der Waals surface area (Å²) in [6, 6.07) is 7.75. The van der Waals surface area contributed by atoms with Crippen molar-refractivity contribution in [3.05, 3.63) is 29.8 Å². The third-order valence-electron chi connectivity index (χ3n) is 3.83. The molecule has 1 aromatic rings. The Kier molecular flexibility index (Phi) is 5.62. The molecule has 1 fully saturated rings. The highest BCUT2D eigenvalue weighted by molar-refractivity contribution is 5.94. The molecule has 116 valence electrons. The molecule has 1 saturated heterocycles. The van der Waals surface area contributed by atoms with E-state index >= 15 is 0 Å². The maximum absolute atomic E-state index is 12.5. The third kappa shape index (κ3) is 4.46. The van der Waals surface area contributed by atoms with Gasteiger partial charge in [-0.25, -0.2) is 0 Å². The summed E-state index contributed by atoms with van der Waals surface area (Å²) in [5.74, 6) is 1.58. The Labute approximate surface area is 127 Å². The summed E-state index contributed by atoms with van der Waals surface area (Å²) in [6.45, 7) is 9.66. The first-order valence-corrected chi connectivity index (χ1v) is 7.82. The molecule has 0 bridgehead atoms. The topological polar surface area (TPSA) is 41.6 Å². The molecule has 0 radical (unpaired) electrons. The standard InChI is InChI=1S/C17H26N2O2/c1-13(2)8-11-21-16-6-4-15(5-7-16)17(20)19-10-9-18-12-14(19)3/h4-7,13-14,18H,8-12H2,1-3H3. The van der Waals surface area contributed by atoms with Gasteiger partial charge < -0.3 is 15.0 Å². The van der Waals surface area contributed by atoms with E-state index in [4.69, 9.17) is 4.74 Å². The van der Waals surface area contributed by atoms with Gasteiger partial charge in [0.2, 0.25) is 0 Å². The van der Waals surface area contributed by atoms with Crippen LogP contribution < -0.4 is 10.1 Å². The van der Waals surface area contributed by atoms with Crippen molar-refractivity contribution in [2.24, 2.45) is 5.92 Å². The fourth-order valence-corrected chi connectivity index (χ4v) is 2.41. The number of carbonyl (C=O) groups is 1. The van der Waals surface area contributed by atoms with Gasteiger partial charge in [-0.1, -0.05) is 13.8 Å². The van der Waals surface area contributed by atoms with Crippen molar-refractivity contribution < 1.29 is 9.53 Å². The van der Waals surface area contributed by atoms with Crippen molar-refractivity contribution >= 4 is 5.91 Å². The van der Waals surface area contributed by atoms with Gasteiger partial charge in [0.15, 0.2) is 0 Å². The molecule has 1 atom stereocenters. The Balaban J connectivity index is 1.93. The average molecular weight is 290 g/mol. The van der Waals surface area contributed by atoms with Gasteiger partial charge in [-0.3, -0.25) is 4.79 Å². The van der Waals surface area contributed by atoms with Crippen LogP contribution in [0, 0.1) is 5.92 Å². The molecule has 0 saturated carbocycles. The highest BCUT2D eigenvalue weighted by Gasteiger charge is 2.23. The molecule has 1 amide bonds. The van der Waals surface area contributed by atoms with E-state index in [0.29, 0.717) is 5.92 Å². The first-order valence-electron chi connectivity index (χ1n) is 7.82. The Hall–Kier alpha value is -1.55. The summed E-state index contributed by atoms with van der Waals surface area (Å²) < 4.78 is 5.68. The number of piperazine rings is 1. The quantitative estimate of drug-likeness (QED) is 0.906. The molecule has 0 aliphatic carbocycles. The normalized spacial score (nSPS) is 18.9. The van der Waals surface area contributed by atoms with E-state index in [2.05, 4.69) is 26.1 Å². The lowest BCUT2D eigenvalue weighted by atomic mass is 10.1. The summed E-state index contributed by atoms with van der Waals surface area (Å²) in [6.07, 6.45) is 1.04. The number of nitrogens with one attached hydrogen (secondary N) is 1. The van der Waals surface area contributed by atoms with E-state index < -0.39 is 0 Å². The lowest BCUT2D eigenvalue weighted by Gasteiger charge is -2.34. The predicted octanol–water partition coefficient (Wildman–Crippen LogP) is 2.55. The predicted molar refractivity (Wildman–Crippen MR) is 84.8 cm³/mol. The number of hydrogen-bond acceptors (Lipinski definition) is 3. The fourth-order valence-electron chi connectivity index (χ4n) is 2.41. The molecular weight excluding hydrogens is 264 g/mol. The van der Waals surface area contributed by atoms with Crippen LogP contribution in [0.5, 0.6) is 5.75 Å². The number of hydrogen-bond donors (Lipinski definition) is 1. The van der Waals surface area contributed by atoms with Crippen molar-refractivity contribution in [1.82, 2.24) is 10.2 Å². The van der Waals surface area contributed by atoms with Crippen molar-refractivity contribution in [1.29, 1.82) is 0 Å². The second-order valence-corrected chi connectivity index (χ2v) is 6.11. The van der Waals surface area contributed by atoms with Gasteiger partial charge in [-0.2, -0.15) is 0 Å². The molecule has 0 aromatic heterocycles. The maximum Gasteiger partial charge on any atom is 0.254 e. The summed E-state index contributed by atoms with van der Waals surface area (Å²) in [5.41, 5.74) is 0.736. The minimum Gasteiger partial charge on any atom is -0.494 e. The number of ether oxygens (including phenoxy) is 1. The zero-order valence-corrected chi connectivity index (χ0v) is 13.3. The van der Waals surface area contributed by atoms with Gasteiger partial charge in [0.25, 0.3) is 5.91 Å². The van der Waals surface area contributed by atoms with Crippen LogP contribution in [0.4, 0.5) is 0 Å². The van der Waals surface area contributed by atoms with Crippen LogP contribution in [0.1, 0.15) is 37.6 Å². The Morgan fingerprint density at radius 2 is 2.10 bits per heavy atom. The highest BCUT2D eigenvalue weighted by Crippen LogP contribution is 2.16. The average Bonchev–Trinajstić information content (AvgIpc) is 2.47. The molecule has 1 aliphatic rings. The molecular formula is C17H26N2O2. The zero-order valence-electron chi connectivity index (χ0n) is 13.3. The lowest BCUT2D eigenvalue weighted by molar-refractivity contribution is 0.0655. The molecule has 1 aliphatic heterocycles. The second-order valence-electron chi connectivity index (χ2n) is 6.11. The monoisotopic (exact) mass is 290 g/mol. The molecule has 21 heavy (non-hydrogen) atoms. The summed E-state index contributed by atoms with van der Waals surface area (Å²) >= 11 is 0. The van der Waals surface area contributed by atoms with Crippen LogP contribution in [-0.4, -0.2) is 43.1 Å². The van der Waals surface area contributed by atoms with Gasteiger partial charge in [0.1, 0.15) is 5.75 Å². The third-order valence-corrected chi connectivity index (χ3v) is 3.83. The van der Waals surface area contributed by atoms with E-state index in [1.54, 1.807) is 0 Å². The fraction of sp³-hybridized carbons (Fsp3) is 0.588. The van der Waals surface area contributed by atoms with Crippen LogP contribution in [0.3, 0.4) is 0 Å². The Bertz CT molecular complexity index is 456. The van der Waals surface area contributed by atoms with Crippen LogP contribution in [0.2, 0.25) is 0 Å². The van der Waals surface area contributed by atoms with E-state index in [1.807, 2.05) is 29.2 Å². The van der Waals surface area contributed by atoms with Crippen molar-refractivity contribution in [3.8, 4) is 5.75 Å². The van der Waals surface area contributed by atoms with E-state index in [-0.39, 0.29) is 11.9 Å². The zero-order chi connectivity index (χ0) is 15.2. The smallest absolute Gasteiger partial charge is 0.254 e. The number of nitrogens with zero attached hydrogens (tertiary/aromatic N) is 1.